The summed E-state index contributed by atoms with van der Waals surface area (Å²) in [5.41, 5.74) is 7.23. The van der Waals surface area contributed by atoms with Crippen LogP contribution in [0.15, 0.2) is 122 Å². The van der Waals surface area contributed by atoms with Gasteiger partial charge >= 0.3 is 12.1 Å². The second-order valence-corrected chi connectivity index (χ2v) is 17.7. The molecule has 4 atom stereocenters. The molecule has 350 valence electrons. The molecule has 10 rings (SSSR count). The van der Waals surface area contributed by atoms with Crippen LogP contribution in [0.5, 0.6) is 0 Å². The van der Waals surface area contributed by atoms with Crippen molar-refractivity contribution in [3.05, 3.63) is 144 Å². The van der Waals surface area contributed by atoms with Gasteiger partial charge in [0.2, 0.25) is 11.8 Å². The monoisotopic (exact) mass is 916 g/mol. The number of likely N-dealkylation sites (tertiary alicyclic amines) is 2. The van der Waals surface area contributed by atoms with Crippen molar-refractivity contribution in [2.24, 2.45) is 0 Å². The predicted octanol–water partition coefficient (Wildman–Crippen LogP) is 7.03. The summed E-state index contributed by atoms with van der Waals surface area (Å²) in [6.45, 7) is 4.96. The highest BCUT2D eigenvalue weighted by Gasteiger charge is 2.39. The first-order valence-electron chi connectivity index (χ1n) is 23.7. The average molecular weight is 917 g/mol. The fraction of sp³-hybridized carbons (Fsp3) is 0.346. The van der Waals surface area contributed by atoms with E-state index in [1.807, 2.05) is 82.9 Å². The number of H-pyrrole nitrogens is 2. The minimum absolute atomic E-state index is 0.158. The van der Waals surface area contributed by atoms with E-state index in [4.69, 9.17) is 19.4 Å². The molecule has 2 aromatic heterocycles. The first-order chi connectivity index (χ1) is 33.4. The Morgan fingerprint density at radius 2 is 0.868 bits per heavy atom. The van der Waals surface area contributed by atoms with Gasteiger partial charge in [0, 0.05) is 39.3 Å². The molecule has 0 unspecified atom stereocenters. The van der Waals surface area contributed by atoms with E-state index >= 15 is 0 Å². The molecule has 0 bridgehead atoms. The lowest BCUT2D eigenvalue weighted by Crippen LogP contribution is -2.50. The fourth-order valence-electron chi connectivity index (χ4n) is 9.78. The van der Waals surface area contributed by atoms with Gasteiger partial charge in [0.05, 0.1) is 62.3 Å². The molecule has 4 aromatic carbocycles. The number of carbonyl (C=O) groups is 4. The average Bonchev–Trinajstić information content (AvgIpc) is 4.26. The molecule has 6 amide bonds. The van der Waals surface area contributed by atoms with Crippen LogP contribution in [0.25, 0.3) is 33.6 Å². The van der Waals surface area contributed by atoms with Gasteiger partial charge in [-0.15, -0.1) is 0 Å². The first-order valence-corrected chi connectivity index (χ1v) is 23.7. The maximum absolute atomic E-state index is 14.3. The van der Waals surface area contributed by atoms with Crippen molar-refractivity contribution in [1.82, 2.24) is 50.2 Å². The molecule has 4 aliphatic heterocycles. The molecule has 4 aliphatic rings. The van der Waals surface area contributed by atoms with Crippen molar-refractivity contribution in [1.29, 1.82) is 0 Å². The third-order valence-electron chi connectivity index (χ3n) is 13.5. The van der Waals surface area contributed by atoms with Crippen LogP contribution < -0.4 is 10.6 Å². The molecule has 16 heteroatoms. The van der Waals surface area contributed by atoms with Crippen LogP contribution in [0.2, 0.25) is 0 Å². The lowest BCUT2D eigenvalue weighted by molar-refractivity contribution is -0.135. The third kappa shape index (κ3) is 9.60. The van der Waals surface area contributed by atoms with Crippen LogP contribution >= 0.6 is 0 Å². The Morgan fingerprint density at radius 3 is 1.25 bits per heavy atom. The summed E-state index contributed by atoms with van der Waals surface area (Å²) < 4.78 is 10.9. The summed E-state index contributed by atoms with van der Waals surface area (Å²) in [6, 6.07) is 32.7. The number of benzene rings is 4. The molecule has 0 aliphatic carbocycles. The summed E-state index contributed by atoms with van der Waals surface area (Å²) in [6.07, 6.45) is 6.82. The van der Waals surface area contributed by atoms with Gasteiger partial charge in [-0.25, -0.2) is 19.6 Å². The minimum Gasteiger partial charge on any atom is -0.378 e. The van der Waals surface area contributed by atoms with E-state index in [1.54, 1.807) is 9.80 Å². The third-order valence-corrected chi connectivity index (χ3v) is 13.5. The predicted molar refractivity (Wildman–Crippen MR) is 255 cm³/mol. The zero-order chi connectivity index (χ0) is 46.4. The quantitative estimate of drug-likeness (QED) is 0.107. The molecule has 4 N–H and O–H groups in total. The number of rotatable bonds is 11. The van der Waals surface area contributed by atoms with E-state index in [0.717, 1.165) is 82.1 Å². The highest BCUT2D eigenvalue weighted by atomic mass is 16.5. The lowest BCUT2D eigenvalue weighted by Gasteiger charge is -2.32. The number of amides is 6. The number of nitrogens with zero attached hydrogens (tertiary/aromatic N) is 6. The summed E-state index contributed by atoms with van der Waals surface area (Å²) in [5, 5.41) is 6.06. The van der Waals surface area contributed by atoms with Gasteiger partial charge in [0.25, 0.3) is 0 Å². The van der Waals surface area contributed by atoms with Crippen LogP contribution in [-0.2, 0) is 19.1 Å². The van der Waals surface area contributed by atoms with Crippen molar-refractivity contribution in [2.75, 3.05) is 65.7 Å². The Bertz CT molecular complexity index is 2490. The lowest BCUT2D eigenvalue weighted by atomic mass is 10.0. The number of ether oxygens (including phenoxy) is 2. The van der Waals surface area contributed by atoms with E-state index in [1.165, 1.54) is 0 Å². The van der Waals surface area contributed by atoms with Crippen LogP contribution in [0, 0.1) is 0 Å². The number of hydrogen-bond acceptors (Lipinski definition) is 8. The normalized spacial score (nSPS) is 19.4. The Hall–Kier alpha value is -7.30. The van der Waals surface area contributed by atoms with Gasteiger partial charge in [-0.05, 0) is 59.1 Å². The van der Waals surface area contributed by atoms with Crippen molar-refractivity contribution < 1.29 is 28.7 Å². The van der Waals surface area contributed by atoms with Gasteiger partial charge in [-0.2, -0.15) is 0 Å². The number of nitrogens with one attached hydrogen (secondary N) is 4. The Kier molecular flexibility index (Phi) is 13.3. The topological polar surface area (TPSA) is 181 Å². The highest BCUT2D eigenvalue weighted by molar-refractivity contribution is 5.90. The Balaban J connectivity index is 0.790. The minimum atomic E-state index is -0.831. The molecular formula is C52H56N10O6. The molecule has 6 aromatic rings. The molecule has 0 radical (unpaired) electrons. The van der Waals surface area contributed by atoms with Crippen LogP contribution in [0.1, 0.15) is 72.6 Å². The summed E-state index contributed by atoms with van der Waals surface area (Å²) in [5.74, 6) is 1.12. The number of imidazole rings is 2. The number of hydrogen-bond donors (Lipinski definition) is 4. The van der Waals surface area contributed by atoms with Crippen molar-refractivity contribution in [2.45, 2.75) is 49.9 Å². The van der Waals surface area contributed by atoms with Crippen LogP contribution in [0.3, 0.4) is 0 Å². The maximum Gasteiger partial charge on any atom is 0.318 e. The van der Waals surface area contributed by atoms with E-state index in [0.29, 0.717) is 65.7 Å². The number of aromatic nitrogens is 4. The van der Waals surface area contributed by atoms with E-state index < -0.39 is 12.1 Å². The Morgan fingerprint density at radius 1 is 0.500 bits per heavy atom. The van der Waals surface area contributed by atoms with E-state index in [-0.39, 0.29) is 36.0 Å². The zero-order valence-electron chi connectivity index (χ0n) is 37.9. The largest absolute Gasteiger partial charge is 0.378 e. The summed E-state index contributed by atoms with van der Waals surface area (Å²) in [7, 11) is 0. The number of carbonyl (C=O) groups excluding carboxylic acids is 4. The van der Waals surface area contributed by atoms with Crippen LogP contribution in [0.4, 0.5) is 9.59 Å². The molecule has 68 heavy (non-hydrogen) atoms. The van der Waals surface area contributed by atoms with Crippen molar-refractivity contribution in [3.63, 3.8) is 0 Å². The SMILES string of the molecule is O=C(N[C@@H](C(=O)N1CCC[C@H]1c1ncc(-c2ccc(-c3ccc(-c4cnc([C@@H]5CCCN5C(=O)[C@H](NC(=O)N5CCOCC5)c5ccccc5)[nH]4)cc3)cc2)[nH]1)c1ccccc1)N1CCOCC1. The molecule has 0 saturated carbocycles. The molecule has 16 nitrogen and oxygen atoms in total. The van der Waals surface area contributed by atoms with Gasteiger partial charge in [0.15, 0.2) is 0 Å². The fourth-order valence-corrected chi connectivity index (χ4v) is 9.78. The second-order valence-electron chi connectivity index (χ2n) is 17.7. The molecular weight excluding hydrogens is 861 g/mol. The molecule has 6 heterocycles. The van der Waals surface area contributed by atoms with Gasteiger partial charge in [-0.3, -0.25) is 9.59 Å². The van der Waals surface area contributed by atoms with Gasteiger partial charge < -0.3 is 49.7 Å². The number of aromatic amines is 2. The smallest absolute Gasteiger partial charge is 0.318 e. The maximum atomic E-state index is 14.3. The standard InChI is InChI=1S/C52H56N10O6/c63-49(45(39-9-3-1-4-10-39)57-51(65)59-25-29-67-30-26-59)61-23-7-13-43(61)47-53-33-41(55-47)37-19-15-35(16-20-37)36-17-21-38(22-18-36)42-34-54-48(56-42)44-14-8-24-62(44)50(64)46(40-11-5-2-6-12-40)58-52(66)60-27-31-68-32-28-60/h1-6,9-12,15-22,33-34,43-46H,7-8,13-14,23-32H2,(H,53,55)(H,54,56)(H,57,65)(H,58,66)/t43-,44-,45+,46+/m0/s1. The first kappa shape index (κ1) is 44.5. The zero-order valence-corrected chi connectivity index (χ0v) is 37.9. The van der Waals surface area contributed by atoms with Gasteiger partial charge in [-0.1, -0.05) is 109 Å². The van der Waals surface area contributed by atoms with E-state index in [9.17, 15) is 19.2 Å². The molecule has 0 spiro atoms. The van der Waals surface area contributed by atoms with Gasteiger partial charge in [0.1, 0.15) is 23.7 Å². The second kappa shape index (κ2) is 20.3. The summed E-state index contributed by atoms with van der Waals surface area (Å²) >= 11 is 0. The number of urea groups is 2. The molecule has 4 fully saturated rings. The van der Waals surface area contributed by atoms with Crippen LogP contribution in [-0.4, -0.2) is 129 Å². The highest BCUT2D eigenvalue weighted by Crippen LogP contribution is 2.36. The Labute approximate surface area is 395 Å². The van der Waals surface area contributed by atoms with E-state index in [2.05, 4.69) is 69.1 Å². The number of morpholine rings is 2. The molecule has 4 saturated heterocycles. The summed E-state index contributed by atoms with van der Waals surface area (Å²) in [4.78, 5) is 78.9. The van der Waals surface area contributed by atoms with Crippen molar-refractivity contribution >= 4 is 23.9 Å². The van der Waals surface area contributed by atoms with Crippen molar-refractivity contribution in [3.8, 4) is 33.6 Å².